The van der Waals surface area contributed by atoms with Crippen LogP contribution in [0.15, 0.2) is 12.1 Å². The van der Waals surface area contributed by atoms with E-state index in [-0.39, 0.29) is 58.9 Å². The summed E-state index contributed by atoms with van der Waals surface area (Å²) in [5.74, 6) is 0. The smallest absolute Gasteiger partial charge is 1.00 e. The minimum atomic E-state index is 0. The van der Waals surface area contributed by atoms with Crippen LogP contribution < -0.4 is 37.2 Å². The van der Waals surface area contributed by atoms with Gasteiger partial charge in [0.05, 0.1) is 0 Å². The van der Waals surface area contributed by atoms with Crippen molar-refractivity contribution in [2.24, 2.45) is 0 Å². The van der Waals surface area contributed by atoms with Gasteiger partial charge in [-0.25, -0.2) is 6.07 Å². The minimum absolute atomic E-state index is 0. The number of aryl methyl sites for hydroxylation is 2. The van der Waals surface area contributed by atoms with Crippen LogP contribution in [0.25, 0.3) is 0 Å². The van der Waals surface area contributed by atoms with E-state index in [2.05, 4.69) is 32.9 Å². The maximum atomic E-state index is 2.16. The average molecular weight is 261 g/mol. The Morgan fingerprint density at radius 3 is 1.58 bits per heavy atom. The Morgan fingerprint density at radius 1 is 1.08 bits per heavy atom. The van der Waals surface area contributed by atoms with Crippen molar-refractivity contribution in [1.29, 1.82) is 0 Å². The molecule has 0 heterocycles. The topological polar surface area (TPSA) is 0 Å². The fourth-order valence-corrected chi connectivity index (χ4v) is 0.811. The van der Waals surface area contributed by atoms with Gasteiger partial charge in [-0.2, -0.15) is 22.8 Å². The van der Waals surface area contributed by atoms with Crippen LogP contribution in [0.5, 0.6) is 0 Å². The molecule has 0 aliphatic carbocycles. The van der Waals surface area contributed by atoms with Crippen LogP contribution in [-0.4, -0.2) is 0 Å². The number of halogens is 3. The molecule has 68 valence electrons. The fraction of sp³-hybridized carbons (Fsp3) is 0.375. The van der Waals surface area contributed by atoms with E-state index in [1.807, 2.05) is 0 Å². The van der Waals surface area contributed by atoms with E-state index < -0.39 is 0 Å². The van der Waals surface area contributed by atoms with E-state index >= 15 is 0 Å². The average Bonchev–Trinajstić information content (AvgIpc) is 1.98. The Kier molecular flexibility index (Phi) is 19.3. The molecular formula is C8H11Cl3Ti. The molecular weight excluding hydrogens is 250 g/mol. The predicted molar refractivity (Wildman–Crippen MR) is 36.2 cm³/mol. The normalized spacial score (nSPS) is 6.58. The summed E-state index contributed by atoms with van der Waals surface area (Å²) in [7, 11) is 0. The van der Waals surface area contributed by atoms with Gasteiger partial charge >= 0.3 is 21.7 Å². The predicted octanol–water partition coefficient (Wildman–Crippen LogP) is -6.66. The third kappa shape index (κ3) is 5.56. The number of rotatable bonds is 0. The van der Waals surface area contributed by atoms with Crippen molar-refractivity contribution in [3.05, 3.63) is 28.8 Å². The summed E-state index contributed by atoms with van der Waals surface area (Å²) in [5.41, 5.74) is 4.25. The summed E-state index contributed by atoms with van der Waals surface area (Å²) >= 11 is 0. The third-order valence-corrected chi connectivity index (χ3v) is 1.77. The molecule has 1 aromatic carbocycles. The van der Waals surface area contributed by atoms with Gasteiger partial charge in [0.25, 0.3) is 0 Å². The standard InChI is InChI=1S/C8H11.3ClH.Ti/c1-6-4-5-7(2)8(6)3;;;;/h4-5H,1-3H3;3*1H;/q-1;;;;+4/p-3. The van der Waals surface area contributed by atoms with Gasteiger partial charge in [0.2, 0.25) is 0 Å². The molecule has 0 aliphatic rings. The van der Waals surface area contributed by atoms with Crippen molar-refractivity contribution < 1.29 is 58.9 Å². The van der Waals surface area contributed by atoms with Crippen molar-refractivity contribution >= 4 is 0 Å². The van der Waals surface area contributed by atoms with Gasteiger partial charge in [-0.15, -0.1) is 0 Å². The van der Waals surface area contributed by atoms with E-state index in [4.69, 9.17) is 0 Å². The van der Waals surface area contributed by atoms with Gasteiger partial charge in [0.1, 0.15) is 0 Å². The molecule has 0 radical (unpaired) electrons. The van der Waals surface area contributed by atoms with E-state index in [0.717, 1.165) is 0 Å². The van der Waals surface area contributed by atoms with Crippen molar-refractivity contribution in [3.63, 3.8) is 0 Å². The van der Waals surface area contributed by atoms with Crippen molar-refractivity contribution in [1.82, 2.24) is 0 Å². The molecule has 0 bridgehead atoms. The van der Waals surface area contributed by atoms with Crippen LogP contribution in [0.3, 0.4) is 0 Å². The summed E-state index contributed by atoms with van der Waals surface area (Å²) in [5, 5.41) is 0. The van der Waals surface area contributed by atoms with E-state index in [1.54, 1.807) is 0 Å². The van der Waals surface area contributed by atoms with Crippen LogP contribution in [0.2, 0.25) is 0 Å². The first kappa shape index (κ1) is 23.1. The summed E-state index contributed by atoms with van der Waals surface area (Å²) < 4.78 is 0. The molecule has 1 rings (SSSR count). The monoisotopic (exact) mass is 260 g/mol. The largest absolute Gasteiger partial charge is 4.00 e. The first-order chi connectivity index (χ1) is 3.72. The summed E-state index contributed by atoms with van der Waals surface area (Å²) in [4.78, 5) is 0. The molecule has 0 amide bonds. The zero-order chi connectivity index (χ0) is 6.15. The molecule has 0 aliphatic heterocycles. The number of hydrogen-bond acceptors (Lipinski definition) is 0. The molecule has 0 fully saturated rings. The summed E-state index contributed by atoms with van der Waals surface area (Å²) in [6.07, 6.45) is 0. The molecule has 0 aromatic heterocycles. The van der Waals surface area contributed by atoms with Gasteiger partial charge in [-0.3, -0.25) is 0 Å². The fourth-order valence-electron chi connectivity index (χ4n) is 0.811. The molecule has 0 saturated heterocycles. The maximum Gasteiger partial charge on any atom is 4.00 e. The molecule has 0 nitrogen and oxygen atoms in total. The van der Waals surface area contributed by atoms with Crippen LogP contribution >= 0.6 is 0 Å². The van der Waals surface area contributed by atoms with Crippen molar-refractivity contribution in [2.75, 3.05) is 0 Å². The van der Waals surface area contributed by atoms with Gasteiger partial charge in [0.15, 0.2) is 0 Å². The third-order valence-electron chi connectivity index (χ3n) is 1.77. The Labute approximate surface area is 108 Å². The SMILES string of the molecule is Cc1cc[c-](C)c1C.[Cl-].[Cl-].[Cl-].[Ti+4]. The maximum absolute atomic E-state index is 2.16. The second-order valence-electron chi connectivity index (χ2n) is 2.32. The van der Waals surface area contributed by atoms with E-state index in [1.165, 1.54) is 16.7 Å². The van der Waals surface area contributed by atoms with Gasteiger partial charge in [-0.1, -0.05) is 20.8 Å². The Morgan fingerprint density at radius 2 is 1.50 bits per heavy atom. The van der Waals surface area contributed by atoms with Gasteiger partial charge < -0.3 is 37.2 Å². The summed E-state index contributed by atoms with van der Waals surface area (Å²) in [6.45, 7) is 6.44. The summed E-state index contributed by atoms with van der Waals surface area (Å²) in [6, 6.07) is 4.31. The van der Waals surface area contributed by atoms with Crippen molar-refractivity contribution in [2.45, 2.75) is 20.8 Å². The van der Waals surface area contributed by atoms with E-state index in [0.29, 0.717) is 0 Å². The van der Waals surface area contributed by atoms with Crippen molar-refractivity contribution in [3.8, 4) is 0 Å². The Bertz CT molecular complexity index is 177. The molecule has 12 heavy (non-hydrogen) atoms. The van der Waals surface area contributed by atoms with E-state index in [9.17, 15) is 0 Å². The Hall–Kier alpha value is 0.934. The molecule has 0 saturated carbocycles. The van der Waals surface area contributed by atoms with Gasteiger partial charge in [0, 0.05) is 0 Å². The molecule has 0 spiro atoms. The second-order valence-corrected chi connectivity index (χ2v) is 2.32. The molecule has 0 N–H and O–H groups in total. The van der Waals surface area contributed by atoms with Crippen LogP contribution in [0.1, 0.15) is 16.7 Å². The Balaban J connectivity index is -0.0000000800. The van der Waals surface area contributed by atoms with Crippen LogP contribution in [0.4, 0.5) is 0 Å². The molecule has 1 aromatic rings. The van der Waals surface area contributed by atoms with Crippen LogP contribution in [0, 0.1) is 20.8 Å². The zero-order valence-electron chi connectivity index (χ0n) is 7.29. The first-order valence-corrected chi connectivity index (χ1v) is 2.91. The van der Waals surface area contributed by atoms with Crippen LogP contribution in [-0.2, 0) is 21.7 Å². The first-order valence-electron chi connectivity index (χ1n) is 2.91. The minimum Gasteiger partial charge on any atom is -1.00 e. The molecule has 0 atom stereocenters. The second kappa shape index (κ2) is 10.0. The quantitative estimate of drug-likeness (QED) is 0.322. The molecule has 4 heteroatoms. The number of hydrogen-bond donors (Lipinski definition) is 0. The zero-order valence-corrected chi connectivity index (χ0v) is 11.1. The molecule has 0 unspecified atom stereocenters. The van der Waals surface area contributed by atoms with Gasteiger partial charge in [-0.05, 0) is 0 Å².